The molecule has 1 amide bonds. The molecule has 0 aliphatic heterocycles. The number of hydrogen-bond acceptors (Lipinski definition) is 2. The summed E-state index contributed by atoms with van der Waals surface area (Å²) < 4.78 is 2.00. The fraction of sp³-hybridized carbons (Fsp3) is 0.250. The van der Waals surface area contributed by atoms with Crippen molar-refractivity contribution in [3.8, 4) is 0 Å². The molecule has 110 valence electrons. The van der Waals surface area contributed by atoms with Crippen molar-refractivity contribution in [2.45, 2.75) is 19.4 Å². The monoisotopic (exact) mass is 286 g/mol. The average Bonchev–Trinajstić information content (AvgIpc) is 2.99. The second kappa shape index (κ2) is 7.28. The predicted molar refractivity (Wildman–Crippen MR) is 79.2 cm³/mol. The highest BCUT2D eigenvalue weighted by atomic mass is 16.4. The highest BCUT2D eigenvalue weighted by molar-refractivity contribution is 5.87. The maximum Gasteiger partial charge on any atom is 0.335 e. The zero-order valence-corrected chi connectivity index (χ0v) is 11.7. The third kappa shape index (κ3) is 4.80. The first kappa shape index (κ1) is 14.8. The van der Waals surface area contributed by atoms with Crippen LogP contribution in [0.2, 0.25) is 0 Å². The lowest BCUT2D eigenvalue weighted by Gasteiger charge is -2.06. The van der Waals surface area contributed by atoms with E-state index in [1.807, 2.05) is 29.1 Å². The second-order valence-electron chi connectivity index (χ2n) is 4.77. The molecule has 2 aromatic rings. The zero-order valence-electron chi connectivity index (χ0n) is 11.7. The molecule has 5 heteroatoms. The molecule has 1 aromatic carbocycles. The first-order valence-electron chi connectivity index (χ1n) is 6.85. The largest absolute Gasteiger partial charge is 0.478 e. The van der Waals surface area contributed by atoms with E-state index in [0.29, 0.717) is 19.4 Å². The van der Waals surface area contributed by atoms with E-state index in [1.165, 1.54) is 0 Å². The second-order valence-corrected chi connectivity index (χ2v) is 4.77. The smallest absolute Gasteiger partial charge is 0.335 e. The van der Waals surface area contributed by atoms with Crippen molar-refractivity contribution >= 4 is 11.9 Å². The van der Waals surface area contributed by atoms with Crippen LogP contribution < -0.4 is 5.32 Å². The Hall–Kier alpha value is -2.56. The Morgan fingerprint density at radius 3 is 2.38 bits per heavy atom. The van der Waals surface area contributed by atoms with Crippen molar-refractivity contribution in [1.29, 1.82) is 0 Å². The summed E-state index contributed by atoms with van der Waals surface area (Å²) in [6, 6.07) is 10.5. The van der Waals surface area contributed by atoms with Crippen LogP contribution in [0.1, 0.15) is 22.3 Å². The molecule has 0 radical (unpaired) electrons. The van der Waals surface area contributed by atoms with Gasteiger partial charge in [0.15, 0.2) is 0 Å². The zero-order chi connectivity index (χ0) is 15.1. The van der Waals surface area contributed by atoms with Crippen LogP contribution in [0, 0.1) is 0 Å². The standard InChI is InChI=1S/C16H18N2O3/c19-15(17-9-12-18-10-1-2-11-18)8-5-13-3-6-14(7-4-13)16(20)21/h1-4,6-7,10-11H,5,8-9,12H2,(H,17,19)(H,20,21). The summed E-state index contributed by atoms with van der Waals surface area (Å²) in [7, 11) is 0. The molecule has 0 unspecified atom stereocenters. The normalized spacial score (nSPS) is 10.3. The molecule has 0 saturated carbocycles. The van der Waals surface area contributed by atoms with E-state index in [4.69, 9.17) is 5.11 Å². The number of amides is 1. The molecule has 0 fully saturated rings. The maximum absolute atomic E-state index is 11.7. The molecule has 0 bridgehead atoms. The molecule has 0 aliphatic carbocycles. The topological polar surface area (TPSA) is 71.3 Å². The lowest BCUT2D eigenvalue weighted by molar-refractivity contribution is -0.121. The van der Waals surface area contributed by atoms with Crippen molar-refractivity contribution in [2.75, 3.05) is 6.54 Å². The van der Waals surface area contributed by atoms with Crippen molar-refractivity contribution in [1.82, 2.24) is 9.88 Å². The molecule has 0 atom stereocenters. The van der Waals surface area contributed by atoms with E-state index >= 15 is 0 Å². The van der Waals surface area contributed by atoms with Gasteiger partial charge in [0.25, 0.3) is 0 Å². The van der Waals surface area contributed by atoms with Crippen LogP contribution in [0.5, 0.6) is 0 Å². The highest BCUT2D eigenvalue weighted by Gasteiger charge is 2.04. The molecule has 5 nitrogen and oxygen atoms in total. The first-order valence-corrected chi connectivity index (χ1v) is 6.85. The quantitative estimate of drug-likeness (QED) is 0.817. The Bertz CT molecular complexity index is 588. The van der Waals surface area contributed by atoms with Crippen molar-refractivity contribution in [3.63, 3.8) is 0 Å². The van der Waals surface area contributed by atoms with Gasteiger partial charge >= 0.3 is 5.97 Å². The molecular weight excluding hydrogens is 268 g/mol. The summed E-state index contributed by atoms with van der Waals surface area (Å²) in [5, 5.41) is 11.7. The molecule has 1 aromatic heterocycles. The summed E-state index contributed by atoms with van der Waals surface area (Å²) in [5.41, 5.74) is 1.22. The molecule has 2 N–H and O–H groups in total. The van der Waals surface area contributed by atoms with E-state index in [9.17, 15) is 9.59 Å². The van der Waals surface area contributed by atoms with Crippen molar-refractivity contribution < 1.29 is 14.7 Å². The maximum atomic E-state index is 11.7. The van der Waals surface area contributed by atoms with Crippen LogP contribution in [-0.2, 0) is 17.8 Å². The summed E-state index contributed by atoms with van der Waals surface area (Å²) in [5.74, 6) is -0.936. The van der Waals surface area contributed by atoms with Gasteiger partial charge in [0, 0.05) is 31.9 Å². The number of carbonyl (C=O) groups excluding carboxylic acids is 1. The third-order valence-corrected chi connectivity index (χ3v) is 3.20. The fourth-order valence-corrected chi connectivity index (χ4v) is 2.00. The van der Waals surface area contributed by atoms with E-state index < -0.39 is 5.97 Å². The van der Waals surface area contributed by atoms with Crippen LogP contribution in [0.25, 0.3) is 0 Å². The minimum Gasteiger partial charge on any atom is -0.478 e. The number of nitrogens with one attached hydrogen (secondary N) is 1. The van der Waals surface area contributed by atoms with Gasteiger partial charge in [-0.15, -0.1) is 0 Å². The van der Waals surface area contributed by atoms with Gasteiger partial charge in [0.2, 0.25) is 5.91 Å². The van der Waals surface area contributed by atoms with Crippen LogP contribution >= 0.6 is 0 Å². The molecule has 21 heavy (non-hydrogen) atoms. The van der Waals surface area contributed by atoms with Crippen LogP contribution in [0.3, 0.4) is 0 Å². The number of carbonyl (C=O) groups is 2. The van der Waals surface area contributed by atoms with Crippen LogP contribution in [0.15, 0.2) is 48.8 Å². The Kier molecular flexibility index (Phi) is 5.15. The van der Waals surface area contributed by atoms with Gasteiger partial charge in [0.1, 0.15) is 0 Å². The minimum atomic E-state index is -0.940. The van der Waals surface area contributed by atoms with Gasteiger partial charge in [-0.1, -0.05) is 12.1 Å². The molecule has 0 saturated heterocycles. The molecule has 1 heterocycles. The summed E-state index contributed by atoms with van der Waals surface area (Å²) >= 11 is 0. The number of aryl methyl sites for hydroxylation is 1. The average molecular weight is 286 g/mol. The number of nitrogens with zero attached hydrogens (tertiary/aromatic N) is 1. The van der Waals surface area contributed by atoms with Gasteiger partial charge in [-0.3, -0.25) is 4.79 Å². The molecule has 0 aliphatic rings. The van der Waals surface area contributed by atoms with Crippen LogP contribution in [0.4, 0.5) is 0 Å². The number of hydrogen-bond donors (Lipinski definition) is 2. The van der Waals surface area contributed by atoms with E-state index in [1.54, 1.807) is 24.3 Å². The number of aromatic carboxylic acids is 1. The minimum absolute atomic E-state index is 0.00414. The van der Waals surface area contributed by atoms with Gasteiger partial charge in [-0.2, -0.15) is 0 Å². The first-order chi connectivity index (χ1) is 10.1. The van der Waals surface area contributed by atoms with Gasteiger partial charge < -0.3 is 15.0 Å². The van der Waals surface area contributed by atoms with E-state index in [2.05, 4.69) is 5.32 Å². The Balaban J connectivity index is 1.69. The molecule has 0 spiro atoms. The van der Waals surface area contributed by atoms with Crippen molar-refractivity contribution in [3.05, 3.63) is 59.9 Å². The third-order valence-electron chi connectivity index (χ3n) is 3.20. The lowest BCUT2D eigenvalue weighted by Crippen LogP contribution is -2.27. The lowest BCUT2D eigenvalue weighted by atomic mass is 10.1. The SMILES string of the molecule is O=C(CCc1ccc(C(=O)O)cc1)NCCn1cccc1. The number of carboxylic acid groups (broad SMARTS) is 1. The van der Waals surface area contributed by atoms with Gasteiger partial charge in [0.05, 0.1) is 5.56 Å². The predicted octanol–water partition coefficient (Wildman–Crippen LogP) is 1.94. The Labute approximate surface area is 123 Å². The van der Waals surface area contributed by atoms with E-state index in [0.717, 1.165) is 12.1 Å². The van der Waals surface area contributed by atoms with Gasteiger partial charge in [-0.05, 0) is 36.2 Å². The fourth-order valence-electron chi connectivity index (χ4n) is 2.00. The summed E-state index contributed by atoms with van der Waals surface area (Å²) in [4.78, 5) is 22.4. The highest BCUT2D eigenvalue weighted by Crippen LogP contribution is 2.06. The molecular formula is C16H18N2O3. The number of aromatic nitrogens is 1. The Morgan fingerprint density at radius 1 is 1.10 bits per heavy atom. The van der Waals surface area contributed by atoms with E-state index in [-0.39, 0.29) is 11.5 Å². The summed E-state index contributed by atoms with van der Waals surface area (Å²) in [6.07, 6.45) is 4.92. The number of rotatable bonds is 7. The molecule has 2 rings (SSSR count). The Morgan fingerprint density at radius 2 is 1.76 bits per heavy atom. The van der Waals surface area contributed by atoms with Gasteiger partial charge in [-0.25, -0.2) is 4.79 Å². The van der Waals surface area contributed by atoms with Crippen LogP contribution in [-0.4, -0.2) is 28.1 Å². The number of carboxylic acids is 1. The number of benzene rings is 1. The van der Waals surface area contributed by atoms with Crippen molar-refractivity contribution in [2.24, 2.45) is 0 Å². The summed E-state index contributed by atoms with van der Waals surface area (Å²) in [6.45, 7) is 1.36.